The number of benzene rings is 1. The number of aromatic nitrogens is 2. The Balaban J connectivity index is 1.66. The molecule has 3 aromatic rings. The summed E-state index contributed by atoms with van der Waals surface area (Å²) in [5, 5.41) is 12.7. The molecule has 2 N–H and O–H groups in total. The zero-order valence-electron chi connectivity index (χ0n) is 16.6. The van der Waals surface area contributed by atoms with Crippen LogP contribution in [0.25, 0.3) is 0 Å². The van der Waals surface area contributed by atoms with Crippen molar-refractivity contribution in [3.05, 3.63) is 71.8 Å². The number of anilines is 1. The van der Waals surface area contributed by atoms with E-state index in [4.69, 9.17) is 9.47 Å². The fraction of sp³-hybridized carbons (Fsp3) is 0.182. The molecule has 154 valence electrons. The number of Topliss-reactive ketones (excluding diaryl/α,β-unsaturated/α-hetero) is 1. The molecule has 2 aromatic heterocycles. The first-order chi connectivity index (χ1) is 14.5. The molecule has 0 fully saturated rings. The number of ketones is 1. The summed E-state index contributed by atoms with van der Waals surface area (Å²) in [6.07, 6.45) is 3.25. The van der Waals surface area contributed by atoms with E-state index in [1.54, 1.807) is 38.4 Å². The normalized spacial score (nSPS) is 10.3. The van der Waals surface area contributed by atoms with E-state index < -0.39 is 5.91 Å². The predicted molar refractivity (Wildman–Crippen MR) is 110 cm³/mol. The van der Waals surface area contributed by atoms with Gasteiger partial charge in [-0.25, -0.2) is 0 Å². The summed E-state index contributed by atoms with van der Waals surface area (Å²) in [6, 6.07) is 11.1. The number of methoxy groups -OCH3 is 1. The van der Waals surface area contributed by atoms with Gasteiger partial charge in [-0.2, -0.15) is 0 Å². The van der Waals surface area contributed by atoms with E-state index in [-0.39, 0.29) is 29.4 Å². The van der Waals surface area contributed by atoms with Crippen LogP contribution < -0.4 is 14.8 Å². The summed E-state index contributed by atoms with van der Waals surface area (Å²) in [5.41, 5.74) is 1.45. The van der Waals surface area contributed by atoms with Crippen LogP contribution in [0.5, 0.6) is 17.2 Å². The molecular formula is C22H21N3O5. The summed E-state index contributed by atoms with van der Waals surface area (Å²) in [4.78, 5) is 32.3. The zero-order chi connectivity index (χ0) is 21.5. The van der Waals surface area contributed by atoms with E-state index >= 15 is 0 Å². The number of rotatable bonds is 8. The van der Waals surface area contributed by atoms with Gasteiger partial charge in [0.1, 0.15) is 29.5 Å². The molecule has 0 radical (unpaired) electrons. The highest BCUT2D eigenvalue weighted by Gasteiger charge is 2.12. The second kappa shape index (κ2) is 9.51. The predicted octanol–water partition coefficient (Wildman–Crippen LogP) is 3.61. The molecule has 0 unspecified atom stereocenters. The van der Waals surface area contributed by atoms with Gasteiger partial charge in [0.25, 0.3) is 5.91 Å². The van der Waals surface area contributed by atoms with Crippen molar-refractivity contribution < 1.29 is 24.2 Å². The molecule has 0 bridgehead atoms. The van der Waals surface area contributed by atoms with Crippen LogP contribution in [-0.4, -0.2) is 33.9 Å². The Hall–Kier alpha value is -3.94. The second-order valence-electron chi connectivity index (χ2n) is 6.32. The molecule has 2 heterocycles. The fourth-order valence-corrected chi connectivity index (χ4v) is 2.55. The Morgan fingerprint density at radius 3 is 2.47 bits per heavy atom. The maximum Gasteiger partial charge on any atom is 0.257 e. The molecule has 0 atom stereocenters. The van der Waals surface area contributed by atoms with Gasteiger partial charge in [0, 0.05) is 18.7 Å². The Morgan fingerprint density at radius 1 is 1.03 bits per heavy atom. The number of hydrogen-bond donors (Lipinski definition) is 2. The number of carbonyl (C=O) groups excluding carboxylic acids is 2. The highest BCUT2D eigenvalue weighted by atomic mass is 16.5. The van der Waals surface area contributed by atoms with Crippen LogP contribution in [0.15, 0.2) is 54.9 Å². The Morgan fingerprint density at radius 2 is 1.83 bits per heavy atom. The van der Waals surface area contributed by atoms with Gasteiger partial charge in [-0.05, 0) is 36.4 Å². The average molecular weight is 407 g/mol. The van der Waals surface area contributed by atoms with Gasteiger partial charge in [0.2, 0.25) is 0 Å². The number of nitrogens with zero attached hydrogens (tertiary/aromatic N) is 2. The van der Waals surface area contributed by atoms with Crippen LogP contribution in [0.2, 0.25) is 0 Å². The van der Waals surface area contributed by atoms with E-state index in [0.29, 0.717) is 29.3 Å². The number of amides is 1. The number of nitrogens with one attached hydrogen (secondary N) is 1. The van der Waals surface area contributed by atoms with E-state index in [2.05, 4.69) is 15.3 Å². The van der Waals surface area contributed by atoms with Crippen LogP contribution >= 0.6 is 0 Å². The van der Waals surface area contributed by atoms with Gasteiger partial charge in [0.15, 0.2) is 5.78 Å². The molecule has 30 heavy (non-hydrogen) atoms. The SMILES string of the molecule is CCC(=O)c1ccc(C(=O)Nc2cc(OCc3ccc(OC)cn3)ccc2O)cn1. The molecule has 0 aliphatic rings. The number of carbonyl (C=O) groups is 2. The second-order valence-corrected chi connectivity index (χ2v) is 6.32. The van der Waals surface area contributed by atoms with Crippen molar-refractivity contribution in [2.24, 2.45) is 0 Å². The number of ether oxygens (including phenoxy) is 2. The van der Waals surface area contributed by atoms with Crippen molar-refractivity contribution in [2.75, 3.05) is 12.4 Å². The third-order valence-electron chi connectivity index (χ3n) is 4.27. The molecule has 1 amide bonds. The molecule has 0 spiro atoms. The van der Waals surface area contributed by atoms with Crippen molar-refractivity contribution in [1.29, 1.82) is 0 Å². The van der Waals surface area contributed by atoms with Gasteiger partial charge in [0.05, 0.1) is 30.3 Å². The molecule has 1 aromatic carbocycles. The van der Waals surface area contributed by atoms with E-state index in [1.807, 2.05) is 0 Å². The number of pyridine rings is 2. The number of phenols is 1. The minimum absolute atomic E-state index is 0.101. The quantitative estimate of drug-likeness (QED) is 0.433. The first kappa shape index (κ1) is 20.8. The molecular weight excluding hydrogens is 386 g/mol. The van der Waals surface area contributed by atoms with Crippen molar-refractivity contribution in [3.63, 3.8) is 0 Å². The van der Waals surface area contributed by atoms with Crippen LogP contribution in [0.3, 0.4) is 0 Å². The van der Waals surface area contributed by atoms with Crippen molar-refractivity contribution >= 4 is 17.4 Å². The monoisotopic (exact) mass is 407 g/mol. The Bertz CT molecular complexity index is 1030. The van der Waals surface area contributed by atoms with E-state index in [9.17, 15) is 14.7 Å². The lowest BCUT2D eigenvalue weighted by Crippen LogP contribution is -2.13. The Kier molecular flexibility index (Phi) is 6.59. The van der Waals surface area contributed by atoms with E-state index in [1.165, 1.54) is 30.5 Å². The van der Waals surface area contributed by atoms with Crippen LogP contribution in [0.4, 0.5) is 5.69 Å². The van der Waals surface area contributed by atoms with Crippen LogP contribution in [0.1, 0.15) is 39.9 Å². The van der Waals surface area contributed by atoms with Crippen molar-refractivity contribution in [1.82, 2.24) is 9.97 Å². The number of hydrogen-bond acceptors (Lipinski definition) is 7. The minimum atomic E-state index is -0.470. The summed E-state index contributed by atoms with van der Waals surface area (Å²) < 4.78 is 10.8. The third kappa shape index (κ3) is 5.11. The summed E-state index contributed by atoms with van der Waals surface area (Å²) in [5.74, 6) is 0.416. The lowest BCUT2D eigenvalue weighted by atomic mass is 10.1. The average Bonchev–Trinajstić information content (AvgIpc) is 2.79. The number of aromatic hydroxyl groups is 1. The maximum absolute atomic E-state index is 12.5. The van der Waals surface area contributed by atoms with Crippen molar-refractivity contribution in [3.8, 4) is 17.2 Å². The fourth-order valence-electron chi connectivity index (χ4n) is 2.55. The van der Waals surface area contributed by atoms with Crippen LogP contribution in [0, 0.1) is 0 Å². The zero-order valence-corrected chi connectivity index (χ0v) is 16.6. The van der Waals surface area contributed by atoms with Gasteiger partial charge in [-0.15, -0.1) is 0 Å². The highest BCUT2D eigenvalue weighted by molar-refractivity contribution is 6.05. The molecule has 0 saturated carbocycles. The highest BCUT2D eigenvalue weighted by Crippen LogP contribution is 2.29. The molecule has 0 aliphatic heterocycles. The topological polar surface area (TPSA) is 111 Å². The summed E-state index contributed by atoms with van der Waals surface area (Å²) in [7, 11) is 1.56. The van der Waals surface area contributed by atoms with Crippen LogP contribution in [-0.2, 0) is 6.61 Å². The molecule has 0 saturated heterocycles. The first-order valence-corrected chi connectivity index (χ1v) is 9.25. The lowest BCUT2D eigenvalue weighted by Gasteiger charge is -2.11. The van der Waals surface area contributed by atoms with Gasteiger partial charge >= 0.3 is 0 Å². The largest absolute Gasteiger partial charge is 0.506 e. The van der Waals surface area contributed by atoms with Gasteiger partial charge in [-0.1, -0.05) is 6.92 Å². The summed E-state index contributed by atoms with van der Waals surface area (Å²) in [6.45, 7) is 1.95. The van der Waals surface area contributed by atoms with E-state index in [0.717, 1.165) is 0 Å². The number of phenolic OH excluding ortho intramolecular Hbond substituents is 1. The standard InChI is InChI=1S/C22H21N3O5/c1-3-20(26)18-8-4-14(11-24-18)22(28)25-19-10-16(7-9-21(19)27)30-13-15-5-6-17(29-2)12-23-15/h4-12,27H,3,13H2,1-2H3,(H,25,28). The van der Waals surface area contributed by atoms with Crippen molar-refractivity contribution in [2.45, 2.75) is 20.0 Å². The minimum Gasteiger partial charge on any atom is -0.506 e. The first-order valence-electron chi connectivity index (χ1n) is 9.25. The molecule has 8 heteroatoms. The molecule has 3 rings (SSSR count). The van der Waals surface area contributed by atoms with Gasteiger partial charge < -0.3 is 19.9 Å². The van der Waals surface area contributed by atoms with Gasteiger partial charge in [-0.3, -0.25) is 19.6 Å². The molecule has 8 nitrogen and oxygen atoms in total. The lowest BCUT2D eigenvalue weighted by molar-refractivity contribution is 0.0979. The Labute approximate surface area is 173 Å². The maximum atomic E-state index is 12.5. The third-order valence-corrected chi connectivity index (χ3v) is 4.27. The smallest absolute Gasteiger partial charge is 0.257 e. The molecule has 0 aliphatic carbocycles. The summed E-state index contributed by atoms with van der Waals surface area (Å²) >= 11 is 0.